The van der Waals surface area contributed by atoms with Gasteiger partial charge in [-0.1, -0.05) is 12.1 Å². The molecule has 0 bridgehead atoms. The van der Waals surface area contributed by atoms with Gasteiger partial charge in [-0.05, 0) is 31.5 Å². The van der Waals surface area contributed by atoms with Crippen molar-refractivity contribution >= 4 is 0 Å². The Morgan fingerprint density at radius 2 is 1.89 bits per heavy atom. The van der Waals surface area contributed by atoms with Crippen molar-refractivity contribution in [3.05, 3.63) is 29.8 Å². The molecule has 5 nitrogen and oxygen atoms in total. The highest BCUT2D eigenvalue weighted by Crippen LogP contribution is 2.23. The molecule has 18 heavy (non-hydrogen) atoms. The van der Waals surface area contributed by atoms with Crippen molar-refractivity contribution in [2.75, 3.05) is 20.3 Å². The Labute approximate surface area is 108 Å². The van der Waals surface area contributed by atoms with Gasteiger partial charge >= 0.3 is 0 Å². The van der Waals surface area contributed by atoms with Gasteiger partial charge in [-0.2, -0.15) is 0 Å². The first-order chi connectivity index (χ1) is 8.76. The first-order valence-electron chi connectivity index (χ1n) is 6.10. The number of benzene rings is 1. The van der Waals surface area contributed by atoms with Gasteiger partial charge in [-0.3, -0.25) is 5.84 Å². The van der Waals surface area contributed by atoms with Gasteiger partial charge in [0.05, 0.1) is 13.2 Å². The van der Waals surface area contributed by atoms with E-state index in [0.29, 0.717) is 13.2 Å². The van der Waals surface area contributed by atoms with E-state index >= 15 is 0 Å². The third-order valence-electron chi connectivity index (χ3n) is 2.57. The number of methoxy groups -OCH3 is 1. The maximum atomic E-state index is 5.61. The zero-order chi connectivity index (χ0) is 13.4. The van der Waals surface area contributed by atoms with Gasteiger partial charge in [-0.15, -0.1) is 0 Å². The molecule has 0 aliphatic carbocycles. The van der Waals surface area contributed by atoms with Crippen molar-refractivity contribution in [2.45, 2.75) is 26.2 Å². The molecule has 0 aliphatic heterocycles. The fourth-order valence-corrected chi connectivity index (χ4v) is 1.74. The van der Waals surface area contributed by atoms with Crippen molar-refractivity contribution in [2.24, 2.45) is 5.84 Å². The smallest absolute Gasteiger partial charge is 0.178 e. The van der Waals surface area contributed by atoms with Crippen LogP contribution in [0.5, 0.6) is 5.75 Å². The minimum atomic E-state index is -0.419. The summed E-state index contributed by atoms with van der Waals surface area (Å²) in [5.41, 5.74) is 3.70. The molecule has 1 aromatic carbocycles. The fraction of sp³-hybridized carbons (Fsp3) is 0.538. The zero-order valence-electron chi connectivity index (χ0n) is 11.2. The van der Waals surface area contributed by atoms with Crippen LogP contribution in [0.4, 0.5) is 0 Å². The number of hydrogen-bond acceptors (Lipinski definition) is 5. The summed E-state index contributed by atoms with van der Waals surface area (Å²) < 4.78 is 16.3. The Morgan fingerprint density at radius 1 is 1.22 bits per heavy atom. The Bertz CT molecular complexity index is 341. The van der Waals surface area contributed by atoms with Gasteiger partial charge in [0.1, 0.15) is 5.75 Å². The first kappa shape index (κ1) is 14.9. The second-order valence-corrected chi connectivity index (χ2v) is 3.70. The Hall–Kier alpha value is -1.14. The molecule has 3 N–H and O–H groups in total. The minimum Gasteiger partial charge on any atom is -0.497 e. The van der Waals surface area contributed by atoms with Crippen LogP contribution in [0.25, 0.3) is 0 Å². The van der Waals surface area contributed by atoms with Crippen molar-refractivity contribution in [3.63, 3.8) is 0 Å². The van der Waals surface area contributed by atoms with Crippen LogP contribution in [-0.2, 0) is 9.47 Å². The normalized spacial score (nSPS) is 12.7. The van der Waals surface area contributed by atoms with Gasteiger partial charge < -0.3 is 14.2 Å². The summed E-state index contributed by atoms with van der Waals surface area (Å²) in [4.78, 5) is 0. The molecule has 1 aromatic rings. The van der Waals surface area contributed by atoms with Crippen LogP contribution in [-0.4, -0.2) is 26.6 Å². The highest BCUT2D eigenvalue weighted by atomic mass is 16.7. The van der Waals surface area contributed by atoms with E-state index in [1.54, 1.807) is 7.11 Å². The minimum absolute atomic E-state index is 0.236. The largest absolute Gasteiger partial charge is 0.497 e. The molecule has 0 saturated carbocycles. The second kappa shape index (κ2) is 8.05. The molecule has 1 atom stereocenters. The molecule has 0 aliphatic rings. The molecule has 0 fully saturated rings. The van der Waals surface area contributed by atoms with Crippen molar-refractivity contribution in [3.8, 4) is 5.75 Å². The van der Waals surface area contributed by atoms with E-state index in [-0.39, 0.29) is 6.04 Å². The lowest BCUT2D eigenvalue weighted by Crippen LogP contribution is -2.39. The average molecular weight is 254 g/mol. The van der Waals surface area contributed by atoms with E-state index < -0.39 is 6.29 Å². The highest BCUT2D eigenvalue weighted by molar-refractivity contribution is 5.30. The quantitative estimate of drug-likeness (QED) is 0.419. The van der Waals surface area contributed by atoms with Crippen LogP contribution in [0.2, 0.25) is 0 Å². The predicted molar refractivity (Wildman–Crippen MR) is 70.1 cm³/mol. The van der Waals surface area contributed by atoms with Crippen molar-refractivity contribution in [1.29, 1.82) is 0 Å². The molecule has 0 saturated heterocycles. The second-order valence-electron chi connectivity index (χ2n) is 3.70. The number of ether oxygens (including phenoxy) is 3. The van der Waals surface area contributed by atoms with E-state index in [1.807, 2.05) is 38.1 Å². The lowest BCUT2D eigenvalue weighted by Gasteiger charge is -2.26. The Balaban J connectivity index is 2.90. The Morgan fingerprint density at radius 3 is 2.39 bits per heavy atom. The van der Waals surface area contributed by atoms with Crippen LogP contribution in [0.3, 0.4) is 0 Å². The molecular weight excluding hydrogens is 232 g/mol. The summed E-state index contributed by atoms with van der Waals surface area (Å²) in [5, 5.41) is 0. The fourth-order valence-electron chi connectivity index (χ4n) is 1.74. The molecule has 0 heterocycles. The van der Waals surface area contributed by atoms with Crippen LogP contribution in [0.15, 0.2) is 24.3 Å². The summed E-state index contributed by atoms with van der Waals surface area (Å²) in [6.07, 6.45) is -0.419. The SMILES string of the molecule is CCOC(OCC)C(NN)c1cccc(OC)c1. The van der Waals surface area contributed by atoms with Crippen molar-refractivity contribution < 1.29 is 14.2 Å². The molecule has 1 rings (SSSR count). The number of nitrogens with one attached hydrogen (secondary N) is 1. The van der Waals surface area contributed by atoms with Gasteiger partial charge in [0.2, 0.25) is 0 Å². The number of rotatable bonds is 8. The number of hydrazine groups is 1. The van der Waals surface area contributed by atoms with E-state index in [0.717, 1.165) is 11.3 Å². The maximum absolute atomic E-state index is 5.61. The predicted octanol–water partition coefficient (Wildman–Crippen LogP) is 1.60. The van der Waals surface area contributed by atoms with Crippen LogP contribution >= 0.6 is 0 Å². The van der Waals surface area contributed by atoms with Gasteiger partial charge in [-0.25, -0.2) is 5.43 Å². The third kappa shape index (κ3) is 3.96. The lowest BCUT2D eigenvalue weighted by molar-refractivity contribution is -0.155. The monoisotopic (exact) mass is 254 g/mol. The summed E-state index contributed by atoms with van der Waals surface area (Å²) in [6.45, 7) is 4.97. The van der Waals surface area contributed by atoms with E-state index in [9.17, 15) is 0 Å². The molecule has 0 spiro atoms. The molecule has 0 aromatic heterocycles. The number of hydrogen-bond donors (Lipinski definition) is 2. The lowest BCUT2D eigenvalue weighted by atomic mass is 10.1. The van der Waals surface area contributed by atoms with Crippen LogP contribution in [0, 0.1) is 0 Å². The molecule has 102 valence electrons. The van der Waals surface area contributed by atoms with Gasteiger partial charge in [0.15, 0.2) is 6.29 Å². The van der Waals surface area contributed by atoms with Gasteiger partial charge in [0, 0.05) is 13.2 Å². The van der Waals surface area contributed by atoms with E-state index in [4.69, 9.17) is 20.1 Å². The maximum Gasteiger partial charge on any atom is 0.178 e. The summed E-state index contributed by atoms with van der Waals surface area (Å²) >= 11 is 0. The van der Waals surface area contributed by atoms with Crippen molar-refractivity contribution in [1.82, 2.24) is 5.43 Å². The van der Waals surface area contributed by atoms with E-state index in [2.05, 4.69) is 5.43 Å². The molecular formula is C13H22N2O3. The topological polar surface area (TPSA) is 65.7 Å². The van der Waals surface area contributed by atoms with Gasteiger partial charge in [0.25, 0.3) is 0 Å². The summed E-state index contributed by atoms with van der Waals surface area (Å²) in [5.74, 6) is 6.38. The highest BCUT2D eigenvalue weighted by Gasteiger charge is 2.23. The third-order valence-corrected chi connectivity index (χ3v) is 2.57. The van der Waals surface area contributed by atoms with Crippen LogP contribution in [0.1, 0.15) is 25.5 Å². The molecule has 1 unspecified atom stereocenters. The van der Waals surface area contributed by atoms with Crippen LogP contribution < -0.4 is 16.0 Å². The first-order valence-corrected chi connectivity index (χ1v) is 6.10. The van der Waals surface area contributed by atoms with E-state index in [1.165, 1.54) is 0 Å². The average Bonchev–Trinajstić information content (AvgIpc) is 2.40. The molecule has 0 radical (unpaired) electrons. The number of nitrogens with two attached hydrogens (primary N) is 1. The molecule has 0 amide bonds. The summed E-state index contributed by atoms with van der Waals surface area (Å²) in [6, 6.07) is 7.43. The standard InChI is InChI=1S/C13H22N2O3/c1-4-17-13(18-5-2)12(15-14)10-7-6-8-11(9-10)16-3/h6-9,12-13,15H,4-5,14H2,1-3H3. The molecule has 5 heteroatoms. The Kier molecular flexibility index (Phi) is 6.67. The zero-order valence-corrected chi connectivity index (χ0v) is 11.2. The summed E-state index contributed by atoms with van der Waals surface area (Å²) in [7, 11) is 1.63.